The third-order valence-corrected chi connectivity index (χ3v) is 29.9. The molecule has 16 bridgehead atoms. The van der Waals surface area contributed by atoms with Crippen LogP contribution in [-0.2, 0) is 76.3 Å². The molecule has 1 saturated heterocycles. The predicted octanol–water partition coefficient (Wildman–Crippen LogP) is 14.3. The van der Waals surface area contributed by atoms with Crippen molar-refractivity contribution in [3.63, 3.8) is 0 Å². The number of carbonyl (C=O) groups excluding carboxylic acids is 8. The molecule has 0 aromatic carbocycles. The normalized spacial score (nSPS) is 42.3. The predicted molar refractivity (Wildman–Crippen MR) is 364 cm³/mol. The number of carbonyl (C=O) groups is 8. The Balaban J connectivity index is 0.815. The summed E-state index contributed by atoms with van der Waals surface area (Å²) in [6, 6.07) is 0. The minimum atomic E-state index is -1.85. The zero-order chi connectivity index (χ0) is 70.5. The van der Waals surface area contributed by atoms with E-state index in [-0.39, 0.29) is 117 Å². The van der Waals surface area contributed by atoms with E-state index >= 15 is 19.2 Å². The summed E-state index contributed by atoms with van der Waals surface area (Å²) in [7, 11) is 0. The Bertz CT molecular complexity index is 3130. The van der Waals surface area contributed by atoms with Gasteiger partial charge in [-0.05, 0) is 323 Å². The molecule has 15 atom stereocenters. The number of hydrogen-bond acceptors (Lipinski definition) is 17. The standard InChI is InChI=1S/C82H120O17/c1-45(2)82(60-27-50-20-51(29-60)30-61(82)28-50)99-72(89)77(10,40-63-46(3)54-15-16-56(63)32-54)43-78(11,73(90)98-79(12)58-23-48-19-49(25-58)26-59(79)24-48)42-76(9,71(88)95-64-17-18-92-69(64)86)39-57(68(85)97-81-36-52-21-53(37-81)35-80(91,34-52)44-81)38-75(7,8)70(87)93-41-67(84)94-65(33-66(83)96-74(4,5)6)62-31-47-13-14-55(62)22-47/h13-14,45-65,91H,15-44H2,1-12H3. The zero-order valence-electron chi connectivity index (χ0n) is 62.0. The topological polar surface area (TPSA) is 231 Å². The van der Waals surface area contributed by atoms with Gasteiger partial charge in [-0.3, -0.25) is 28.8 Å². The Morgan fingerprint density at radius 3 is 1.74 bits per heavy atom. The summed E-state index contributed by atoms with van der Waals surface area (Å²) in [4.78, 5) is 122. The average Bonchev–Trinajstić information content (AvgIpc) is 1.32. The van der Waals surface area contributed by atoms with Crippen molar-refractivity contribution < 1.29 is 81.4 Å². The van der Waals surface area contributed by atoms with E-state index in [4.69, 9.17) is 37.9 Å². The molecule has 0 spiro atoms. The lowest BCUT2D eigenvalue weighted by molar-refractivity contribution is -0.235. The van der Waals surface area contributed by atoms with Gasteiger partial charge in [-0.2, -0.15) is 0 Å². The third kappa shape index (κ3) is 13.6. The fourth-order valence-electron chi connectivity index (χ4n) is 26.5. The van der Waals surface area contributed by atoms with Crippen LogP contribution in [0.5, 0.6) is 0 Å². The molecule has 0 aromatic rings. The summed E-state index contributed by atoms with van der Waals surface area (Å²) in [6.45, 7) is 22.3. The van der Waals surface area contributed by atoms with Crippen molar-refractivity contribution in [1.29, 1.82) is 0 Å². The molecule has 17 nitrogen and oxygen atoms in total. The fourth-order valence-corrected chi connectivity index (χ4v) is 26.5. The van der Waals surface area contributed by atoms with Crippen molar-refractivity contribution in [1.82, 2.24) is 0 Å². The van der Waals surface area contributed by atoms with Crippen molar-refractivity contribution >= 4 is 47.8 Å². The highest BCUT2D eigenvalue weighted by atomic mass is 16.6. The largest absolute Gasteiger partial charge is 0.463 e. The highest BCUT2D eigenvalue weighted by Crippen LogP contribution is 2.66. The van der Waals surface area contributed by atoms with Crippen LogP contribution in [-0.4, -0.2) is 106 Å². The molecule has 1 N–H and O–H groups in total. The van der Waals surface area contributed by atoms with Gasteiger partial charge in [-0.15, -0.1) is 0 Å². The average molecular weight is 1380 g/mol. The van der Waals surface area contributed by atoms with Crippen molar-refractivity contribution in [2.75, 3.05) is 13.2 Å². The first-order chi connectivity index (χ1) is 46.4. The van der Waals surface area contributed by atoms with E-state index in [1.807, 2.05) is 13.8 Å². The second-order valence-corrected chi connectivity index (χ2v) is 39.6. The Labute approximate surface area is 589 Å². The van der Waals surface area contributed by atoms with Crippen LogP contribution in [0.2, 0.25) is 0 Å². The summed E-state index contributed by atoms with van der Waals surface area (Å²) in [5.74, 6) is -1.40. The van der Waals surface area contributed by atoms with Crippen LogP contribution in [0.1, 0.15) is 263 Å². The second-order valence-electron chi connectivity index (χ2n) is 39.6. The van der Waals surface area contributed by atoms with Crippen molar-refractivity contribution in [3.05, 3.63) is 12.2 Å². The molecule has 1 heterocycles. The molecule has 15 unspecified atom stereocenters. The molecule has 0 radical (unpaired) electrons. The van der Waals surface area contributed by atoms with Crippen LogP contribution < -0.4 is 0 Å². The molecule has 0 aromatic heterocycles. The maximum absolute atomic E-state index is 16.8. The number of cyclic esters (lactones) is 1. The highest BCUT2D eigenvalue weighted by molar-refractivity contribution is 5.87. The lowest BCUT2D eigenvalue weighted by atomic mass is 9.47. The number of fused-ring (bicyclic) bond motifs is 4. The molecule has 99 heavy (non-hydrogen) atoms. The molecule has 17 rings (SSSR count). The SMILES string of the molecule is CC1C2CCC(C2)C1CC(C)(CC(C)(CC(C)(CC(CC(C)(C)C(=O)OCC(=O)OC(CC(=O)OC(C)(C)C)C1CC2C=CC1C2)C(=O)OC12CC3CC(CC(O)(C3)C1)C2)C(=O)OC1CCOC1=O)C(=O)OC1(C)C2CC3CC(C2)CC1C3)C(=O)OC1(C(C)C)C2CC3CC(C2)CC1C3. The monoisotopic (exact) mass is 1380 g/mol. The van der Waals surface area contributed by atoms with E-state index in [9.17, 15) is 24.3 Å². The van der Waals surface area contributed by atoms with Gasteiger partial charge in [0.1, 0.15) is 28.5 Å². The third-order valence-electron chi connectivity index (χ3n) is 29.9. The van der Waals surface area contributed by atoms with Crippen LogP contribution in [0.4, 0.5) is 0 Å². The summed E-state index contributed by atoms with van der Waals surface area (Å²) >= 11 is 0. The van der Waals surface area contributed by atoms with Crippen molar-refractivity contribution in [2.24, 2.45) is 134 Å². The van der Waals surface area contributed by atoms with Crippen molar-refractivity contribution in [2.45, 2.75) is 303 Å². The van der Waals surface area contributed by atoms with Crippen LogP contribution in [0, 0.1) is 134 Å². The summed E-state index contributed by atoms with van der Waals surface area (Å²) in [6.07, 6.45) is 20.5. The van der Waals surface area contributed by atoms with Gasteiger partial charge in [0.05, 0.1) is 46.2 Å². The number of esters is 8. The lowest BCUT2D eigenvalue weighted by Gasteiger charge is -2.62. The minimum Gasteiger partial charge on any atom is -0.463 e. The van der Waals surface area contributed by atoms with E-state index in [0.717, 1.165) is 89.9 Å². The number of rotatable bonds is 26. The van der Waals surface area contributed by atoms with Gasteiger partial charge in [0.2, 0.25) is 6.10 Å². The Morgan fingerprint density at radius 1 is 0.616 bits per heavy atom. The number of allylic oxidation sites excluding steroid dienone is 2. The van der Waals surface area contributed by atoms with Gasteiger partial charge < -0.3 is 43.0 Å². The first-order valence-corrected chi connectivity index (χ1v) is 39.5. The molecule has 550 valence electrons. The number of aliphatic hydroxyl groups is 1. The first kappa shape index (κ1) is 71.5. The highest BCUT2D eigenvalue weighted by Gasteiger charge is 2.66. The second kappa shape index (κ2) is 25.7. The zero-order valence-corrected chi connectivity index (χ0v) is 62.0. The smallest absolute Gasteiger partial charge is 0.347 e. The Kier molecular flexibility index (Phi) is 18.5. The van der Waals surface area contributed by atoms with Gasteiger partial charge >= 0.3 is 47.8 Å². The quantitative estimate of drug-likeness (QED) is 0.0482. The fraction of sp³-hybridized carbons (Fsp3) is 0.878. The van der Waals surface area contributed by atoms with E-state index in [1.165, 1.54) is 12.8 Å². The van der Waals surface area contributed by atoms with E-state index in [1.54, 1.807) is 41.5 Å². The number of ether oxygens (including phenoxy) is 8. The summed E-state index contributed by atoms with van der Waals surface area (Å²) in [5.41, 5.74) is -10.7. The lowest BCUT2D eigenvalue weighted by Crippen LogP contribution is -2.63. The summed E-state index contributed by atoms with van der Waals surface area (Å²) < 4.78 is 51.2. The van der Waals surface area contributed by atoms with Gasteiger partial charge in [0.15, 0.2) is 6.61 Å². The van der Waals surface area contributed by atoms with E-state index in [2.05, 4.69) is 39.8 Å². The molecule has 16 aliphatic carbocycles. The Morgan fingerprint density at radius 2 is 1.20 bits per heavy atom. The molecule has 1 aliphatic heterocycles. The van der Waals surface area contributed by atoms with Crippen LogP contribution >= 0.6 is 0 Å². The van der Waals surface area contributed by atoms with Gasteiger partial charge in [-0.1, -0.05) is 32.9 Å². The maximum atomic E-state index is 16.8. The molecule has 16 fully saturated rings. The maximum Gasteiger partial charge on any atom is 0.347 e. The minimum absolute atomic E-state index is 0.0293. The molecule has 17 aliphatic rings. The Hall–Kier alpha value is -4.54. The first-order valence-electron chi connectivity index (χ1n) is 39.5. The van der Waals surface area contributed by atoms with Crippen LogP contribution in [0.15, 0.2) is 12.2 Å². The molecule has 0 amide bonds. The summed E-state index contributed by atoms with van der Waals surface area (Å²) in [5, 5.41) is 12.1. The van der Waals surface area contributed by atoms with Gasteiger partial charge in [0.25, 0.3) is 0 Å². The van der Waals surface area contributed by atoms with Gasteiger partial charge in [0, 0.05) is 18.8 Å². The molecular weight excluding hydrogens is 1260 g/mol. The van der Waals surface area contributed by atoms with Crippen LogP contribution in [0.3, 0.4) is 0 Å². The molecular formula is C82H120O17. The molecule has 17 heteroatoms. The van der Waals surface area contributed by atoms with Crippen LogP contribution in [0.25, 0.3) is 0 Å². The van der Waals surface area contributed by atoms with Crippen molar-refractivity contribution in [3.8, 4) is 0 Å². The van der Waals surface area contributed by atoms with Gasteiger partial charge in [-0.25, -0.2) is 9.59 Å². The number of hydrogen-bond donors (Lipinski definition) is 1. The molecule has 15 saturated carbocycles. The van der Waals surface area contributed by atoms with E-state index < -0.39 is 116 Å². The van der Waals surface area contributed by atoms with E-state index in [0.29, 0.717) is 79.4 Å².